The van der Waals surface area contributed by atoms with Gasteiger partial charge in [-0.1, -0.05) is 32.6 Å². The Hall–Kier alpha value is -2.79. The summed E-state index contributed by atoms with van der Waals surface area (Å²) in [6.07, 6.45) is 2.04. The minimum Gasteiger partial charge on any atom is -0.464 e. The highest BCUT2D eigenvalue weighted by Gasteiger charge is 2.43. The molecule has 0 bridgehead atoms. The Labute approximate surface area is 240 Å². The quantitative estimate of drug-likeness (QED) is 0.172. The number of carbonyl (C=O) groups excluding carboxylic acids is 2. The van der Waals surface area contributed by atoms with Crippen molar-refractivity contribution < 1.29 is 43.5 Å². The van der Waals surface area contributed by atoms with Crippen molar-refractivity contribution in [3.05, 3.63) is 40.2 Å². The molecule has 10 heteroatoms. The zero-order valence-corrected chi connectivity index (χ0v) is 24.5. The van der Waals surface area contributed by atoms with Crippen LogP contribution in [0.25, 0.3) is 11.0 Å². The highest BCUT2D eigenvalue weighted by Crippen LogP contribution is 2.30. The first-order valence-corrected chi connectivity index (χ1v) is 14.5. The lowest BCUT2D eigenvalue weighted by Gasteiger charge is -2.40. The predicted octanol–water partition coefficient (Wildman–Crippen LogP) is 3.82. The van der Waals surface area contributed by atoms with Gasteiger partial charge in [0.05, 0.1) is 12.7 Å². The van der Waals surface area contributed by atoms with Crippen LogP contribution in [-0.4, -0.2) is 63.9 Å². The molecule has 0 saturated carbocycles. The molecule has 5 atom stereocenters. The van der Waals surface area contributed by atoms with Crippen LogP contribution in [0.4, 0.5) is 0 Å². The second-order valence-corrected chi connectivity index (χ2v) is 11.9. The maximum absolute atomic E-state index is 12.7. The summed E-state index contributed by atoms with van der Waals surface area (Å²) in [4.78, 5) is 36.7. The average molecular weight is 577 g/mol. The number of Topliss-reactive ketones (excluding diaryl/α,β-unsaturated/α-hetero) is 1. The molecule has 3 N–H and O–H groups in total. The summed E-state index contributed by atoms with van der Waals surface area (Å²) in [5.41, 5.74) is -0.198. The Morgan fingerprint density at radius 3 is 2.27 bits per heavy atom. The third-order valence-corrected chi connectivity index (χ3v) is 7.14. The number of ether oxygens (including phenoxy) is 3. The van der Waals surface area contributed by atoms with Gasteiger partial charge >= 0.3 is 11.6 Å². The zero-order chi connectivity index (χ0) is 30.2. The number of benzene rings is 1. The van der Waals surface area contributed by atoms with Gasteiger partial charge in [0.25, 0.3) is 0 Å². The number of aliphatic hydroxyl groups is 3. The van der Waals surface area contributed by atoms with Crippen LogP contribution in [0.3, 0.4) is 0 Å². The van der Waals surface area contributed by atoms with Gasteiger partial charge in [-0.05, 0) is 51.3 Å². The number of esters is 1. The van der Waals surface area contributed by atoms with Gasteiger partial charge in [-0.3, -0.25) is 9.59 Å². The van der Waals surface area contributed by atoms with Crippen LogP contribution in [0.1, 0.15) is 84.6 Å². The smallest absolute Gasteiger partial charge is 0.336 e. The van der Waals surface area contributed by atoms with Crippen molar-refractivity contribution in [2.75, 3.05) is 6.61 Å². The van der Waals surface area contributed by atoms with Gasteiger partial charge in [-0.25, -0.2) is 4.79 Å². The highest BCUT2D eigenvalue weighted by molar-refractivity contribution is 5.88. The zero-order valence-electron chi connectivity index (χ0n) is 24.5. The van der Waals surface area contributed by atoms with Gasteiger partial charge in [0.15, 0.2) is 0 Å². The molecule has 228 valence electrons. The molecule has 41 heavy (non-hydrogen) atoms. The van der Waals surface area contributed by atoms with E-state index in [-0.39, 0.29) is 23.8 Å². The molecule has 1 saturated heterocycles. The SMILES string of the molecule is CC1C(Oc2ccc3c(CC(=O)CCCCCCCCC(=O)OC(C)(C)C)cc(=O)oc3c2)OC(CO)C(O)C1O. The highest BCUT2D eigenvalue weighted by atomic mass is 16.7. The standard InChI is InChI=1S/C31H44O10/c1-19-28(36)29(37)25(18-32)40-30(19)38-22-13-14-23-20(16-27(35)39-24(23)17-22)15-21(33)11-9-7-5-6-8-10-12-26(34)41-31(2,3)4/h13-14,16-17,19,25,28-30,32,36-37H,5-12,15,18H2,1-4H3. The fourth-order valence-electron chi connectivity index (χ4n) is 4.91. The molecule has 1 aliphatic rings. The number of carbonyl (C=O) groups is 2. The number of aliphatic hydroxyl groups excluding tert-OH is 3. The number of fused-ring (bicyclic) bond motifs is 1. The molecule has 3 rings (SSSR count). The third-order valence-electron chi connectivity index (χ3n) is 7.14. The Morgan fingerprint density at radius 2 is 1.61 bits per heavy atom. The van der Waals surface area contributed by atoms with E-state index in [4.69, 9.17) is 18.6 Å². The summed E-state index contributed by atoms with van der Waals surface area (Å²) < 4.78 is 22.1. The molecule has 10 nitrogen and oxygen atoms in total. The molecule has 2 heterocycles. The summed E-state index contributed by atoms with van der Waals surface area (Å²) in [6.45, 7) is 6.75. The van der Waals surface area contributed by atoms with Crippen molar-refractivity contribution >= 4 is 22.7 Å². The molecule has 5 unspecified atom stereocenters. The maximum atomic E-state index is 12.7. The van der Waals surface area contributed by atoms with Gasteiger partial charge in [0.2, 0.25) is 6.29 Å². The van der Waals surface area contributed by atoms with Crippen molar-refractivity contribution in [1.29, 1.82) is 0 Å². The van der Waals surface area contributed by atoms with Crippen molar-refractivity contribution in [1.82, 2.24) is 0 Å². The first kappa shape index (κ1) is 32.7. The van der Waals surface area contributed by atoms with E-state index in [1.807, 2.05) is 20.8 Å². The van der Waals surface area contributed by atoms with Crippen LogP contribution < -0.4 is 10.4 Å². The topological polar surface area (TPSA) is 153 Å². The summed E-state index contributed by atoms with van der Waals surface area (Å²) in [6, 6.07) is 6.21. The fourth-order valence-corrected chi connectivity index (χ4v) is 4.91. The van der Waals surface area contributed by atoms with Crippen LogP contribution in [0.15, 0.2) is 33.5 Å². The van der Waals surface area contributed by atoms with Crippen molar-refractivity contribution in [2.24, 2.45) is 5.92 Å². The minimum absolute atomic E-state index is 0.0363. The summed E-state index contributed by atoms with van der Waals surface area (Å²) in [7, 11) is 0. The summed E-state index contributed by atoms with van der Waals surface area (Å²) in [5, 5.41) is 30.4. The van der Waals surface area contributed by atoms with E-state index < -0.39 is 48.4 Å². The summed E-state index contributed by atoms with van der Waals surface area (Å²) in [5.74, 6) is -0.405. The van der Waals surface area contributed by atoms with Crippen LogP contribution in [0, 0.1) is 5.92 Å². The first-order valence-electron chi connectivity index (χ1n) is 14.5. The number of hydrogen-bond donors (Lipinski definition) is 3. The van der Waals surface area contributed by atoms with Crippen LogP contribution in [0.5, 0.6) is 5.75 Å². The number of unbranched alkanes of at least 4 members (excludes halogenated alkanes) is 5. The Kier molecular flexibility index (Phi) is 11.9. The van der Waals surface area contributed by atoms with Crippen molar-refractivity contribution in [2.45, 2.75) is 116 Å². The van der Waals surface area contributed by atoms with E-state index in [9.17, 15) is 29.7 Å². The lowest BCUT2D eigenvalue weighted by Crippen LogP contribution is -2.56. The number of hydrogen-bond acceptors (Lipinski definition) is 10. The molecule has 2 aromatic rings. The van der Waals surface area contributed by atoms with Gasteiger partial charge in [-0.15, -0.1) is 0 Å². The summed E-state index contributed by atoms with van der Waals surface area (Å²) >= 11 is 0. The Bertz CT molecular complexity index is 1210. The molecule has 0 amide bonds. The van der Waals surface area contributed by atoms with Gasteiger partial charge in [-0.2, -0.15) is 0 Å². The molecule has 1 aromatic heterocycles. The maximum Gasteiger partial charge on any atom is 0.336 e. The number of rotatable bonds is 14. The predicted molar refractivity (Wildman–Crippen MR) is 152 cm³/mol. The molecule has 0 radical (unpaired) electrons. The van der Waals surface area contributed by atoms with E-state index in [0.717, 1.165) is 38.5 Å². The molecule has 1 aromatic carbocycles. The Balaban J connectivity index is 1.47. The second-order valence-electron chi connectivity index (χ2n) is 11.9. The third kappa shape index (κ3) is 9.92. The molecule has 0 spiro atoms. The van der Waals surface area contributed by atoms with Crippen molar-refractivity contribution in [3.63, 3.8) is 0 Å². The van der Waals surface area contributed by atoms with E-state index in [0.29, 0.717) is 29.5 Å². The molecule has 0 aliphatic carbocycles. The van der Waals surface area contributed by atoms with E-state index in [2.05, 4.69) is 0 Å². The average Bonchev–Trinajstić information content (AvgIpc) is 2.89. The van der Waals surface area contributed by atoms with Crippen LogP contribution in [0.2, 0.25) is 0 Å². The monoisotopic (exact) mass is 576 g/mol. The van der Waals surface area contributed by atoms with E-state index >= 15 is 0 Å². The Morgan fingerprint density at radius 1 is 0.951 bits per heavy atom. The second kappa shape index (κ2) is 14.9. The first-order chi connectivity index (χ1) is 19.4. The molecular formula is C31H44O10. The molecule has 1 aliphatic heterocycles. The van der Waals surface area contributed by atoms with Gasteiger partial charge in [0.1, 0.15) is 34.9 Å². The van der Waals surface area contributed by atoms with Crippen molar-refractivity contribution in [3.8, 4) is 5.75 Å². The van der Waals surface area contributed by atoms with Crippen LogP contribution in [-0.2, 0) is 25.5 Å². The van der Waals surface area contributed by atoms with E-state index in [1.54, 1.807) is 19.1 Å². The lowest BCUT2D eigenvalue weighted by molar-refractivity contribution is -0.256. The van der Waals surface area contributed by atoms with Crippen LogP contribution >= 0.6 is 0 Å². The van der Waals surface area contributed by atoms with E-state index in [1.165, 1.54) is 12.1 Å². The van der Waals surface area contributed by atoms with Gasteiger partial charge < -0.3 is 33.9 Å². The molecular weight excluding hydrogens is 532 g/mol. The minimum atomic E-state index is -1.24. The number of ketones is 1. The fraction of sp³-hybridized carbons (Fsp3) is 0.645. The largest absolute Gasteiger partial charge is 0.464 e. The van der Waals surface area contributed by atoms with Gasteiger partial charge in [0, 0.05) is 42.7 Å². The lowest BCUT2D eigenvalue weighted by atomic mass is 9.92. The normalized spacial score (nSPS) is 23.0. The molecule has 1 fully saturated rings.